The van der Waals surface area contributed by atoms with Crippen LogP contribution in [0.1, 0.15) is 96.5 Å². The maximum Gasteiger partial charge on any atom is 0.305 e. The van der Waals surface area contributed by atoms with Crippen LogP contribution in [0.15, 0.2) is 24.3 Å². The smallest absolute Gasteiger partial charge is 0.305 e. The van der Waals surface area contributed by atoms with Crippen molar-refractivity contribution < 1.29 is 53.4 Å². The molecule has 8 amide bonds. The number of amides is 8. The van der Waals surface area contributed by atoms with Gasteiger partial charge in [0.15, 0.2) is 0 Å². The summed E-state index contributed by atoms with van der Waals surface area (Å²) in [4.78, 5) is 119. The number of phenols is 1. The molecule has 2 aliphatic heterocycles. The average Bonchev–Trinajstić information content (AvgIpc) is 3.89. The van der Waals surface area contributed by atoms with Crippen molar-refractivity contribution >= 4 is 53.2 Å². The fourth-order valence-electron chi connectivity index (χ4n) is 7.37. The number of aromatic hydroxyl groups is 1. The van der Waals surface area contributed by atoms with Crippen molar-refractivity contribution in [3.63, 3.8) is 0 Å². The average molecular weight is 873 g/mol. The highest BCUT2D eigenvalue weighted by atomic mass is 16.4. The molecule has 344 valence electrons. The molecule has 0 spiro atoms. The lowest BCUT2D eigenvalue weighted by Crippen LogP contribution is -2.60. The van der Waals surface area contributed by atoms with Gasteiger partial charge in [0, 0.05) is 19.4 Å². The predicted molar refractivity (Wildman–Crippen MR) is 224 cm³/mol. The first-order valence-corrected chi connectivity index (χ1v) is 21.2. The van der Waals surface area contributed by atoms with Gasteiger partial charge in [0.25, 0.3) is 0 Å². The van der Waals surface area contributed by atoms with Gasteiger partial charge >= 0.3 is 5.97 Å². The van der Waals surface area contributed by atoms with Crippen molar-refractivity contribution in [1.82, 2.24) is 36.8 Å². The summed E-state index contributed by atoms with van der Waals surface area (Å²) in [6.45, 7) is 4.40. The van der Waals surface area contributed by atoms with Crippen molar-refractivity contribution in [2.75, 3.05) is 19.6 Å². The molecule has 0 bridgehead atoms. The molecule has 1 unspecified atom stereocenters. The van der Waals surface area contributed by atoms with E-state index in [2.05, 4.69) is 31.9 Å². The topological polar surface area (TPSA) is 348 Å². The number of primary amides is 1. The van der Waals surface area contributed by atoms with Crippen LogP contribution in [0.3, 0.4) is 0 Å². The molecule has 2 heterocycles. The van der Waals surface area contributed by atoms with Crippen LogP contribution in [0.2, 0.25) is 0 Å². The molecule has 0 radical (unpaired) electrons. The van der Waals surface area contributed by atoms with Gasteiger partial charge in [-0.15, -0.1) is 0 Å². The zero-order chi connectivity index (χ0) is 45.9. The Balaban J connectivity index is 1.81. The minimum Gasteiger partial charge on any atom is -0.508 e. The number of carbonyl (C=O) groups is 9. The number of carboxylic acid groups (broad SMARTS) is 1. The van der Waals surface area contributed by atoms with Crippen molar-refractivity contribution in [1.29, 1.82) is 0 Å². The Labute approximate surface area is 360 Å². The number of rotatable bonds is 26. The second-order valence-corrected chi connectivity index (χ2v) is 16.2. The molecule has 21 heteroatoms. The summed E-state index contributed by atoms with van der Waals surface area (Å²) in [6, 6.07) is -2.62. The van der Waals surface area contributed by atoms with E-state index in [9.17, 15) is 53.4 Å². The van der Waals surface area contributed by atoms with E-state index in [0.29, 0.717) is 50.8 Å². The lowest BCUT2D eigenvalue weighted by Gasteiger charge is -2.31. The Hall–Kier alpha value is -5.83. The highest BCUT2D eigenvalue weighted by Crippen LogP contribution is 2.21. The second kappa shape index (κ2) is 25.2. The van der Waals surface area contributed by atoms with Crippen molar-refractivity contribution in [3.05, 3.63) is 29.8 Å². The van der Waals surface area contributed by atoms with Gasteiger partial charge in [-0.05, 0) is 101 Å². The van der Waals surface area contributed by atoms with Gasteiger partial charge in [0.1, 0.15) is 48.0 Å². The third-order valence-electron chi connectivity index (χ3n) is 10.7. The standard InChI is InChI=1S/C41H64N10O11/c1-23(2)20-29(38(59)46-26(35(44)56)8-3-5-17-42)48-36(57)27(9-4-6-18-43)47-40(61)32-10-7-19-51(32)41(62)31(22-34(54)55)50-39(60)30(21-24-11-13-25(52)14-12-24)49-37(58)28-15-16-33(53)45-28/h11-14,23,26-32,52H,3-10,15-22,42-43H2,1-2H3,(H2,44,56)(H,45,53)(H,46,59)(H,47,61)(H,48,57)(H,49,58)(H,50,60)(H,54,55)/t26-,27+,28?,29-,30+,31+,32-/m0/s1. The Morgan fingerprint density at radius 2 is 1.32 bits per heavy atom. The number of hydrogen-bond acceptors (Lipinski definition) is 12. The second-order valence-electron chi connectivity index (χ2n) is 16.2. The zero-order valence-corrected chi connectivity index (χ0v) is 35.5. The van der Waals surface area contributed by atoms with E-state index in [1.54, 1.807) is 0 Å². The van der Waals surface area contributed by atoms with Crippen LogP contribution in [0.4, 0.5) is 0 Å². The van der Waals surface area contributed by atoms with Crippen LogP contribution in [0.25, 0.3) is 0 Å². The Morgan fingerprint density at radius 1 is 0.758 bits per heavy atom. The Kier molecular flexibility index (Phi) is 20.5. The first-order chi connectivity index (χ1) is 29.4. The molecule has 7 atom stereocenters. The lowest BCUT2D eigenvalue weighted by molar-refractivity contribution is -0.146. The van der Waals surface area contributed by atoms with Crippen LogP contribution in [0.5, 0.6) is 5.75 Å². The van der Waals surface area contributed by atoms with E-state index in [-0.39, 0.29) is 69.1 Å². The number of likely N-dealkylation sites (tertiary alicyclic amines) is 1. The molecule has 3 rings (SSSR count). The highest BCUT2D eigenvalue weighted by Gasteiger charge is 2.41. The number of nitrogens with zero attached hydrogens (tertiary/aromatic N) is 1. The molecule has 21 nitrogen and oxygen atoms in total. The van der Waals surface area contributed by atoms with Crippen LogP contribution in [0, 0.1) is 5.92 Å². The number of carboxylic acids is 1. The highest BCUT2D eigenvalue weighted by molar-refractivity contribution is 5.99. The molecule has 62 heavy (non-hydrogen) atoms. The summed E-state index contributed by atoms with van der Waals surface area (Å²) >= 11 is 0. The van der Waals surface area contributed by atoms with Gasteiger partial charge < -0.3 is 64.2 Å². The molecule has 1 aromatic carbocycles. The Morgan fingerprint density at radius 3 is 1.89 bits per heavy atom. The number of benzene rings is 1. The van der Waals surface area contributed by atoms with E-state index < -0.39 is 96.0 Å². The number of carbonyl (C=O) groups excluding carboxylic acids is 8. The first-order valence-electron chi connectivity index (χ1n) is 21.2. The maximum atomic E-state index is 14.1. The summed E-state index contributed by atoms with van der Waals surface area (Å²) < 4.78 is 0. The summed E-state index contributed by atoms with van der Waals surface area (Å²) in [6.07, 6.45) is 2.39. The number of nitrogens with one attached hydrogen (secondary N) is 6. The molecule has 14 N–H and O–H groups in total. The van der Waals surface area contributed by atoms with Crippen LogP contribution in [-0.2, 0) is 49.6 Å². The van der Waals surface area contributed by atoms with Crippen molar-refractivity contribution in [2.24, 2.45) is 23.1 Å². The van der Waals surface area contributed by atoms with Gasteiger partial charge in [-0.1, -0.05) is 26.0 Å². The molecular weight excluding hydrogens is 809 g/mol. The van der Waals surface area contributed by atoms with E-state index in [1.807, 2.05) is 13.8 Å². The third-order valence-corrected chi connectivity index (χ3v) is 10.7. The largest absolute Gasteiger partial charge is 0.508 e. The van der Waals surface area contributed by atoms with Gasteiger partial charge in [0.2, 0.25) is 47.3 Å². The SMILES string of the molecule is CC(C)C[C@H](NC(=O)[C@@H](CCCCN)NC(=O)[C@@H]1CCCN1C(=O)[C@@H](CC(=O)O)NC(=O)[C@@H](Cc1ccc(O)cc1)NC(=O)C1CCC(=O)N1)C(=O)N[C@@H](CCCCN)C(N)=O. The first kappa shape index (κ1) is 50.5. The maximum absolute atomic E-state index is 14.1. The normalized spacial score (nSPS) is 18.4. The van der Waals surface area contributed by atoms with Crippen molar-refractivity contribution in [3.8, 4) is 5.75 Å². The number of unbranched alkanes of at least 4 members (excludes halogenated alkanes) is 2. The summed E-state index contributed by atoms with van der Waals surface area (Å²) in [5.41, 5.74) is 17.3. The lowest BCUT2D eigenvalue weighted by atomic mass is 10.0. The summed E-state index contributed by atoms with van der Waals surface area (Å²) in [5, 5.41) is 35.2. The number of aliphatic carboxylic acids is 1. The van der Waals surface area contributed by atoms with E-state index in [4.69, 9.17) is 17.2 Å². The van der Waals surface area contributed by atoms with Gasteiger partial charge in [-0.2, -0.15) is 0 Å². The van der Waals surface area contributed by atoms with Crippen LogP contribution >= 0.6 is 0 Å². The van der Waals surface area contributed by atoms with Crippen LogP contribution < -0.4 is 49.1 Å². The molecule has 0 saturated carbocycles. The molecule has 2 fully saturated rings. The minimum atomic E-state index is -1.68. The van der Waals surface area contributed by atoms with E-state index >= 15 is 0 Å². The predicted octanol–water partition coefficient (Wildman–Crippen LogP) is -2.11. The molecule has 1 aromatic rings. The van der Waals surface area contributed by atoms with Crippen LogP contribution in [-0.4, -0.2) is 130 Å². The van der Waals surface area contributed by atoms with Gasteiger partial charge in [0.05, 0.1) is 6.42 Å². The molecule has 2 saturated heterocycles. The fourth-order valence-corrected chi connectivity index (χ4v) is 7.37. The number of nitrogens with two attached hydrogens (primary N) is 3. The van der Waals surface area contributed by atoms with Gasteiger partial charge in [-0.3, -0.25) is 43.2 Å². The monoisotopic (exact) mass is 872 g/mol. The molecule has 0 aromatic heterocycles. The zero-order valence-electron chi connectivity index (χ0n) is 35.5. The summed E-state index contributed by atoms with van der Waals surface area (Å²) in [5.74, 6) is -7.16. The summed E-state index contributed by atoms with van der Waals surface area (Å²) in [7, 11) is 0. The van der Waals surface area contributed by atoms with E-state index in [1.165, 1.54) is 24.3 Å². The number of hydrogen-bond donors (Lipinski definition) is 11. The van der Waals surface area contributed by atoms with E-state index in [0.717, 1.165) is 4.90 Å². The van der Waals surface area contributed by atoms with Gasteiger partial charge in [-0.25, -0.2) is 0 Å². The quantitative estimate of drug-likeness (QED) is 0.0445. The Bertz CT molecular complexity index is 1740. The minimum absolute atomic E-state index is 0.0188. The molecule has 2 aliphatic rings. The molecule has 0 aliphatic carbocycles. The number of phenolic OH excluding ortho intramolecular Hbond substituents is 1. The third kappa shape index (κ3) is 16.2. The fraction of sp³-hybridized carbons (Fsp3) is 0.634. The van der Waals surface area contributed by atoms with Crippen molar-refractivity contribution in [2.45, 2.75) is 140 Å². The molecular formula is C41H64N10O11.